The summed E-state index contributed by atoms with van der Waals surface area (Å²) in [6, 6.07) is 6.50. The van der Waals surface area contributed by atoms with Crippen LogP contribution in [0.5, 0.6) is 5.75 Å². The summed E-state index contributed by atoms with van der Waals surface area (Å²) in [4.78, 5) is 44.5. The molecule has 1 N–H and O–H groups in total. The van der Waals surface area contributed by atoms with Crippen LogP contribution in [0.3, 0.4) is 0 Å². The zero-order chi connectivity index (χ0) is 25.9. The van der Waals surface area contributed by atoms with Gasteiger partial charge in [-0.3, -0.25) is 14.4 Å². The molecule has 5 atom stereocenters. The van der Waals surface area contributed by atoms with Gasteiger partial charge in [-0.1, -0.05) is 18.7 Å². The van der Waals surface area contributed by atoms with Gasteiger partial charge in [-0.2, -0.15) is 0 Å². The Morgan fingerprint density at radius 1 is 1.25 bits per heavy atom. The molecule has 4 rings (SSSR count). The van der Waals surface area contributed by atoms with Crippen molar-refractivity contribution in [2.75, 3.05) is 38.3 Å². The van der Waals surface area contributed by atoms with E-state index in [1.165, 1.54) is 6.08 Å². The van der Waals surface area contributed by atoms with Gasteiger partial charge in [-0.05, 0) is 49.9 Å². The lowest BCUT2D eigenvalue weighted by Crippen LogP contribution is -2.55. The minimum absolute atomic E-state index is 0.0109. The summed E-state index contributed by atoms with van der Waals surface area (Å²) in [5.41, 5.74) is 0.683. The summed E-state index contributed by atoms with van der Waals surface area (Å²) in [6.07, 6.45) is 5.71. The van der Waals surface area contributed by atoms with E-state index in [0.717, 1.165) is 6.42 Å². The number of likely N-dealkylation sites (tertiary alicyclic amines) is 1. The summed E-state index contributed by atoms with van der Waals surface area (Å²) < 4.78 is 9.96. The summed E-state index contributed by atoms with van der Waals surface area (Å²) in [7, 11) is 1.58. The summed E-state index contributed by atoms with van der Waals surface area (Å²) in [5, 5.41) is 9.26. The maximum atomic E-state index is 14.3. The van der Waals surface area contributed by atoms with Crippen LogP contribution >= 0.6 is 11.8 Å². The van der Waals surface area contributed by atoms with Crippen LogP contribution in [0.1, 0.15) is 25.7 Å². The van der Waals surface area contributed by atoms with Crippen LogP contribution in [0.2, 0.25) is 0 Å². The Morgan fingerprint density at radius 2 is 2.00 bits per heavy atom. The number of hydrogen-bond donors (Lipinski definition) is 1. The number of aliphatic hydroxyl groups excluding tert-OH is 1. The number of rotatable bonds is 12. The molecule has 194 valence electrons. The van der Waals surface area contributed by atoms with Gasteiger partial charge in [-0.15, -0.1) is 18.3 Å². The molecule has 2 bridgehead atoms. The van der Waals surface area contributed by atoms with E-state index in [4.69, 9.17) is 9.47 Å². The maximum Gasteiger partial charge on any atom is 0.311 e. The monoisotopic (exact) mass is 514 g/mol. The molecule has 3 aliphatic heterocycles. The van der Waals surface area contributed by atoms with Crippen molar-refractivity contribution in [3.63, 3.8) is 0 Å². The summed E-state index contributed by atoms with van der Waals surface area (Å²) >= 11 is 1.61. The first-order valence-electron chi connectivity index (χ1n) is 12.4. The second-order valence-corrected chi connectivity index (χ2v) is 11.0. The molecule has 2 unspecified atom stereocenters. The maximum absolute atomic E-state index is 14.3. The van der Waals surface area contributed by atoms with Crippen LogP contribution in [0.15, 0.2) is 49.6 Å². The number of amides is 2. The van der Waals surface area contributed by atoms with Gasteiger partial charge in [0.1, 0.15) is 18.4 Å². The third kappa shape index (κ3) is 4.43. The molecular formula is C27H34N2O6S. The normalized spacial score (nSPS) is 28.1. The molecular weight excluding hydrogens is 480 g/mol. The highest BCUT2D eigenvalue weighted by Crippen LogP contribution is 2.66. The second kappa shape index (κ2) is 11.1. The lowest BCUT2D eigenvalue weighted by Gasteiger charge is -2.37. The number of benzene rings is 1. The predicted octanol–water partition coefficient (Wildman–Crippen LogP) is 2.81. The van der Waals surface area contributed by atoms with E-state index in [-0.39, 0.29) is 36.8 Å². The molecule has 0 radical (unpaired) electrons. The molecule has 0 saturated carbocycles. The van der Waals surface area contributed by atoms with E-state index in [1.54, 1.807) is 46.9 Å². The first kappa shape index (κ1) is 26.3. The number of aliphatic hydroxyl groups is 1. The smallest absolute Gasteiger partial charge is 0.311 e. The van der Waals surface area contributed by atoms with Crippen LogP contribution in [0, 0.1) is 11.8 Å². The Labute approximate surface area is 216 Å². The van der Waals surface area contributed by atoms with Gasteiger partial charge < -0.3 is 24.4 Å². The van der Waals surface area contributed by atoms with Gasteiger partial charge >= 0.3 is 5.97 Å². The minimum atomic E-state index is -0.719. The van der Waals surface area contributed by atoms with E-state index < -0.39 is 28.6 Å². The Bertz CT molecular complexity index is 1010. The number of thioether (sulfide) groups is 1. The number of methoxy groups -OCH3 is 1. The van der Waals surface area contributed by atoms with Crippen molar-refractivity contribution in [3.05, 3.63) is 49.6 Å². The van der Waals surface area contributed by atoms with E-state index in [2.05, 4.69) is 13.2 Å². The molecule has 0 aromatic heterocycles. The minimum Gasteiger partial charge on any atom is -0.497 e. The Morgan fingerprint density at radius 3 is 2.64 bits per heavy atom. The van der Waals surface area contributed by atoms with Gasteiger partial charge in [-0.25, -0.2) is 0 Å². The molecule has 3 saturated heterocycles. The van der Waals surface area contributed by atoms with E-state index >= 15 is 0 Å². The fraction of sp³-hybridized carbons (Fsp3) is 0.519. The molecule has 8 nitrogen and oxygen atoms in total. The molecule has 3 fully saturated rings. The van der Waals surface area contributed by atoms with Crippen LogP contribution in [-0.4, -0.2) is 77.2 Å². The number of carbonyl (C=O) groups excluding carboxylic acids is 3. The number of carbonyl (C=O) groups is 3. The summed E-state index contributed by atoms with van der Waals surface area (Å²) in [5.74, 6) is -1.26. The molecule has 2 amide bonds. The highest BCUT2D eigenvalue weighted by atomic mass is 32.2. The number of fused-ring (bicyclic) bond motifs is 1. The van der Waals surface area contributed by atoms with Crippen molar-refractivity contribution >= 4 is 35.2 Å². The van der Waals surface area contributed by atoms with E-state index in [0.29, 0.717) is 37.2 Å². The van der Waals surface area contributed by atoms with Crippen molar-refractivity contribution in [2.24, 2.45) is 11.8 Å². The average Bonchev–Trinajstić information content (AvgIpc) is 3.53. The quantitative estimate of drug-likeness (QED) is 0.260. The van der Waals surface area contributed by atoms with Gasteiger partial charge in [0, 0.05) is 30.6 Å². The Balaban J connectivity index is 1.72. The van der Waals surface area contributed by atoms with Crippen LogP contribution < -0.4 is 9.64 Å². The lowest BCUT2D eigenvalue weighted by atomic mass is 9.71. The van der Waals surface area contributed by atoms with Crippen LogP contribution in [0.25, 0.3) is 0 Å². The van der Waals surface area contributed by atoms with Crippen LogP contribution in [-0.2, 0) is 19.1 Å². The Kier molecular flexibility index (Phi) is 8.10. The molecule has 1 aromatic carbocycles. The molecule has 9 heteroatoms. The van der Waals surface area contributed by atoms with Crippen molar-refractivity contribution < 1.29 is 29.0 Å². The van der Waals surface area contributed by atoms with Gasteiger partial charge in [0.15, 0.2) is 0 Å². The number of hydrogen-bond acceptors (Lipinski definition) is 7. The number of esters is 1. The van der Waals surface area contributed by atoms with Crippen LogP contribution in [0.4, 0.5) is 5.69 Å². The molecule has 1 aromatic rings. The molecule has 0 aliphatic carbocycles. The fourth-order valence-electron chi connectivity index (χ4n) is 5.93. The largest absolute Gasteiger partial charge is 0.497 e. The standard InChI is InChI=1S/C27H34N2O6S/c1-4-14-28(18-8-10-19(34-3)11-9-18)25(32)23-27-13-12-20(36-27)21(26(33)35-17-5-2)22(27)24(31)29(23)15-6-7-16-30/h4-5,8-11,20-23,30H,1-2,6-7,12-17H2,3H3/t20-,21+,22-,23?,27?/m0/s1. The van der Waals surface area contributed by atoms with Gasteiger partial charge in [0.2, 0.25) is 5.91 Å². The molecule has 3 heterocycles. The summed E-state index contributed by atoms with van der Waals surface area (Å²) in [6.45, 7) is 8.17. The van der Waals surface area contributed by atoms with Crippen molar-refractivity contribution in [2.45, 2.75) is 41.7 Å². The number of ether oxygens (including phenoxy) is 2. The van der Waals surface area contributed by atoms with E-state index in [9.17, 15) is 19.5 Å². The van der Waals surface area contributed by atoms with Gasteiger partial charge in [0.25, 0.3) is 5.91 Å². The molecule has 36 heavy (non-hydrogen) atoms. The fourth-order valence-corrected chi connectivity index (χ4v) is 8.13. The third-order valence-corrected chi connectivity index (χ3v) is 9.37. The van der Waals surface area contributed by atoms with Gasteiger partial charge in [0.05, 0.1) is 23.7 Å². The second-order valence-electron chi connectivity index (χ2n) is 9.37. The SMILES string of the molecule is C=CCOC(=O)[C@@H]1[C@@H]2CCC3(S2)C(C(=O)N(CC=C)c2ccc(OC)cc2)N(CCCCO)C(=O)[C@H]13. The number of unbranched alkanes of at least 4 members (excludes halogenated alkanes) is 1. The lowest BCUT2D eigenvalue weighted by molar-refractivity contribution is -0.153. The topological polar surface area (TPSA) is 96.4 Å². The zero-order valence-corrected chi connectivity index (χ0v) is 21.5. The first-order chi connectivity index (χ1) is 17.4. The van der Waals surface area contributed by atoms with E-state index in [1.807, 2.05) is 12.1 Å². The molecule has 3 aliphatic rings. The number of anilines is 1. The highest BCUT2D eigenvalue weighted by Gasteiger charge is 2.74. The number of nitrogens with zero attached hydrogens (tertiary/aromatic N) is 2. The molecule has 1 spiro atoms. The van der Waals surface area contributed by atoms with Crippen molar-refractivity contribution in [1.82, 2.24) is 4.90 Å². The van der Waals surface area contributed by atoms with Crippen molar-refractivity contribution in [1.29, 1.82) is 0 Å². The first-order valence-corrected chi connectivity index (χ1v) is 13.2. The predicted molar refractivity (Wildman–Crippen MR) is 139 cm³/mol. The van der Waals surface area contributed by atoms with Crippen molar-refractivity contribution in [3.8, 4) is 5.75 Å². The Hall–Kier alpha value is -2.78. The third-order valence-electron chi connectivity index (χ3n) is 7.42. The highest BCUT2D eigenvalue weighted by molar-refractivity contribution is 8.02. The zero-order valence-electron chi connectivity index (χ0n) is 20.6. The average molecular weight is 515 g/mol.